The third kappa shape index (κ3) is 2.52. The first kappa shape index (κ1) is 11.0. The lowest BCUT2D eigenvalue weighted by Crippen LogP contribution is -1.99. The van der Waals surface area contributed by atoms with Crippen molar-refractivity contribution in [3.05, 3.63) is 40.3 Å². The Kier molecular flexibility index (Phi) is 3.41. The van der Waals surface area contributed by atoms with Gasteiger partial charge in [-0.15, -0.1) is 11.3 Å². The van der Waals surface area contributed by atoms with Gasteiger partial charge in [0, 0.05) is 11.1 Å². The van der Waals surface area contributed by atoms with Gasteiger partial charge in [-0.3, -0.25) is 0 Å². The van der Waals surface area contributed by atoms with Crippen LogP contribution in [-0.2, 0) is 6.54 Å². The van der Waals surface area contributed by atoms with Crippen molar-refractivity contribution in [2.75, 3.05) is 12.4 Å². The van der Waals surface area contributed by atoms with E-state index < -0.39 is 0 Å². The van der Waals surface area contributed by atoms with E-state index in [9.17, 15) is 0 Å². The fourth-order valence-electron chi connectivity index (χ4n) is 1.46. The number of rotatable bonds is 4. The molecular formula is C12H14N2OS. The van der Waals surface area contributed by atoms with Gasteiger partial charge < -0.3 is 10.1 Å². The Hall–Kier alpha value is -1.55. The van der Waals surface area contributed by atoms with E-state index in [0.717, 1.165) is 23.0 Å². The summed E-state index contributed by atoms with van der Waals surface area (Å²) in [4.78, 5) is 5.44. The predicted molar refractivity (Wildman–Crippen MR) is 67.2 cm³/mol. The van der Waals surface area contributed by atoms with Crippen molar-refractivity contribution in [3.63, 3.8) is 0 Å². The lowest BCUT2D eigenvalue weighted by molar-refractivity contribution is 0.416. The number of ether oxygens (including phenoxy) is 1. The van der Waals surface area contributed by atoms with Crippen molar-refractivity contribution in [3.8, 4) is 5.75 Å². The van der Waals surface area contributed by atoms with Crippen LogP contribution in [0.4, 0.5) is 5.69 Å². The Morgan fingerprint density at radius 2 is 2.19 bits per heavy atom. The summed E-state index contributed by atoms with van der Waals surface area (Å²) in [6.07, 6.45) is 1.91. The molecule has 1 aromatic heterocycles. The zero-order valence-corrected chi connectivity index (χ0v) is 10.2. The van der Waals surface area contributed by atoms with Gasteiger partial charge in [-0.05, 0) is 19.1 Å². The highest BCUT2D eigenvalue weighted by atomic mass is 32.1. The Bertz CT molecular complexity index is 468. The van der Waals surface area contributed by atoms with Crippen molar-refractivity contribution in [1.82, 2.24) is 4.98 Å². The maximum absolute atomic E-state index is 5.26. The van der Waals surface area contributed by atoms with Gasteiger partial charge in [0.1, 0.15) is 5.75 Å². The highest BCUT2D eigenvalue weighted by Crippen LogP contribution is 2.24. The average molecular weight is 234 g/mol. The van der Waals surface area contributed by atoms with Gasteiger partial charge in [-0.2, -0.15) is 0 Å². The summed E-state index contributed by atoms with van der Waals surface area (Å²) in [5.41, 5.74) is 1.01. The molecule has 0 amide bonds. The summed E-state index contributed by atoms with van der Waals surface area (Å²) in [7, 11) is 1.68. The second kappa shape index (κ2) is 4.99. The summed E-state index contributed by atoms with van der Waals surface area (Å²) in [5.74, 6) is 0.865. The van der Waals surface area contributed by atoms with Crippen LogP contribution in [0.2, 0.25) is 0 Å². The fourth-order valence-corrected chi connectivity index (χ4v) is 2.19. The standard InChI is InChI=1S/C12H14N2OS/c1-9-13-7-10(16-9)8-14-11-5-3-4-6-12(11)15-2/h3-7,14H,8H2,1-2H3. The van der Waals surface area contributed by atoms with Crippen molar-refractivity contribution in [1.29, 1.82) is 0 Å². The van der Waals surface area contributed by atoms with Gasteiger partial charge in [-0.25, -0.2) is 4.98 Å². The van der Waals surface area contributed by atoms with Crippen LogP contribution in [0, 0.1) is 6.92 Å². The lowest BCUT2D eigenvalue weighted by Gasteiger charge is -2.09. The molecule has 0 bridgehead atoms. The Balaban J connectivity index is 2.04. The van der Waals surface area contributed by atoms with E-state index in [2.05, 4.69) is 10.3 Å². The number of hydrogen-bond donors (Lipinski definition) is 1. The first-order chi connectivity index (χ1) is 7.79. The van der Waals surface area contributed by atoms with Gasteiger partial charge in [0.2, 0.25) is 0 Å². The predicted octanol–water partition coefficient (Wildman–Crippen LogP) is 3.07. The van der Waals surface area contributed by atoms with E-state index in [4.69, 9.17) is 4.74 Å². The number of hydrogen-bond acceptors (Lipinski definition) is 4. The van der Waals surface area contributed by atoms with E-state index in [1.807, 2.05) is 37.4 Å². The van der Waals surface area contributed by atoms with Gasteiger partial charge in [0.15, 0.2) is 0 Å². The molecule has 1 heterocycles. The highest BCUT2D eigenvalue weighted by Gasteiger charge is 2.02. The Morgan fingerprint density at radius 3 is 2.88 bits per heavy atom. The van der Waals surface area contributed by atoms with E-state index >= 15 is 0 Å². The van der Waals surface area contributed by atoms with Gasteiger partial charge >= 0.3 is 0 Å². The normalized spacial score (nSPS) is 10.1. The molecule has 0 unspecified atom stereocenters. The molecule has 0 saturated carbocycles. The monoisotopic (exact) mass is 234 g/mol. The fraction of sp³-hybridized carbons (Fsp3) is 0.250. The number of nitrogens with one attached hydrogen (secondary N) is 1. The smallest absolute Gasteiger partial charge is 0.141 e. The van der Waals surface area contributed by atoms with Crippen molar-refractivity contribution in [2.45, 2.75) is 13.5 Å². The van der Waals surface area contributed by atoms with Crippen molar-refractivity contribution >= 4 is 17.0 Å². The molecule has 2 aromatic rings. The van der Waals surface area contributed by atoms with E-state index in [1.165, 1.54) is 4.88 Å². The van der Waals surface area contributed by atoms with Gasteiger partial charge in [-0.1, -0.05) is 12.1 Å². The maximum Gasteiger partial charge on any atom is 0.141 e. The first-order valence-corrected chi connectivity index (χ1v) is 5.89. The van der Waals surface area contributed by atoms with E-state index in [-0.39, 0.29) is 0 Å². The Labute approximate surface area is 99.1 Å². The zero-order chi connectivity index (χ0) is 11.4. The third-order valence-electron chi connectivity index (χ3n) is 2.23. The summed E-state index contributed by atoms with van der Waals surface area (Å²) >= 11 is 1.71. The second-order valence-corrected chi connectivity index (χ2v) is 4.72. The number of anilines is 1. The molecular weight excluding hydrogens is 220 g/mol. The molecule has 0 atom stereocenters. The minimum atomic E-state index is 0.784. The number of benzene rings is 1. The molecule has 1 aromatic carbocycles. The molecule has 84 valence electrons. The van der Waals surface area contributed by atoms with Crippen LogP contribution in [0.3, 0.4) is 0 Å². The van der Waals surface area contributed by atoms with Crippen LogP contribution in [0.25, 0.3) is 0 Å². The van der Waals surface area contributed by atoms with Crippen molar-refractivity contribution < 1.29 is 4.74 Å². The molecule has 1 N–H and O–H groups in total. The topological polar surface area (TPSA) is 34.1 Å². The van der Waals surface area contributed by atoms with E-state index in [1.54, 1.807) is 18.4 Å². The minimum Gasteiger partial charge on any atom is -0.495 e. The molecule has 0 aliphatic rings. The number of thiazole rings is 1. The average Bonchev–Trinajstić information content (AvgIpc) is 2.73. The quantitative estimate of drug-likeness (QED) is 0.882. The summed E-state index contributed by atoms with van der Waals surface area (Å²) in [5, 5.41) is 4.43. The molecule has 0 spiro atoms. The molecule has 0 aliphatic carbocycles. The molecule has 0 radical (unpaired) electrons. The van der Waals surface area contributed by atoms with Crippen LogP contribution < -0.4 is 10.1 Å². The van der Waals surface area contributed by atoms with Crippen molar-refractivity contribution in [2.24, 2.45) is 0 Å². The number of nitrogens with zero attached hydrogens (tertiary/aromatic N) is 1. The maximum atomic E-state index is 5.26. The summed E-state index contributed by atoms with van der Waals surface area (Å²) in [6, 6.07) is 7.90. The largest absolute Gasteiger partial charge is 0.495 e. The Morgan fingerprint density at radius 1 is 1.38 bits per heavy atom. The van der Waals surface area contributed by atoms with Crippen LogP contribution in [0.1, 0.15) is 9.88 Å². The SMILES string of the molecule is COc1ccccc1NCc1cnc(C)s1. The van der Waals surface area contributed by atoms with Gasteiger partial charge in [0.05, 0.1) is 24.3 Å². The second-order valence-electron chi connectivity index (χ2n) is 3.40. The number of methoxy groups -OCH3 is 1. The summed E-state index contributed by atoms with van der Waals surface area (Å²) in [6.45, 7) is 2.79. The molecule has 4 heteroatoms. The number of aryl methyl sites for hydroxylation is 1. The van der Waals surface area contributed by atoms with Crippen LogP contribution in [0.15, 0.2) is 30.5 Å². The van der Waals surface area contributed by atoms with Gasteiger partial charge in [0.25, 0.3) is 0 Å². The van der Waals surface area contributed by atoms with Crippen LogP contribution in [-0.4, -0.2) is 12.1 Å². The third-order valence-corrected chi connectivity index (χ3v) is 3.14. The number of aromatic nitrogens is 1. The van der Waals surface area contributed by atoms with Crippen LogP contribution >= 0.6 is 11.3 Å². The molecule has 3 nitrogen and oxygen atoms in total. The minimum absolute atomic E-state index is 0.784. The molecule has 0 fully saturated rings. The van der Waals surface area contributed by atoms with Crippen LogP contribution in [0.5, 0.6) is 5.75 Å². The number of para-hydroxylation sites is 2. The lowest BCUT2D eigenvalue weighted by atomic mass is 10.3. The summed E-state index contributed by atoms with van der Waals surface area (Å²) < 4.78 is 5.26. The molecule has 0 saturated heterocycles. The van der Waals surface area contributed by atoms with E-state index in [0.29, 0.717) is 0 Å². The molecule has 0 aliphatic heterocycles. The molecule has 16 heavy (non-hydrogen) atoms. The first-order valence-electron chi connectivity index (χ1n) is 5.08. The highest BCUT2D eigenvalue weighted by molar-refractivity contribution is 7.11. The zero-order valence-electron chi connectivity index (χ0n) is 9.36. The molecule has 2 rings (SSSR count).